The number of hydrogen-bond acceptors (Lipinski definition) is 2. The molecule has 1 aliphatic carbocycles. The van der Waals surface area contributed by atoms with E-state index in [1.165, 1.54) is 36.2 Å². The van der Waals surface area contributed by atoms with E-state index in [0.717, 1.165) is 23.6 Å². The summed E-state index contributed by atoms with van der Waals surface area (Å²) >= 11 is 6.27. The van der Waals surface area contributed by atoms with E-state index in [-0.39, 0.29) is 6.04 Å². The molecule has 0 amide bonds. The summed E-state index contributed by atoms with van der Waals surface area (Å²) in [5.74, 6) is 0. The van der Waals surface area contributed by atoms with Crippen LogP contribution >= 0.6 is 11.6 Å². The third kappa shape index (κ3) is 2.99. The zero-order chi connectivity index (χ0) is 14.8. The third-order valence-corrected chi connectivity index (χ3v) is 4.74. The molecule has 1 N–H and O–H groups in total. The number of nitrogens with one attached hydrogen (secondary N) is 1. The van der Waals surface area contributed by atoms with Gasteiger partial charge < -0.3 is 5.32 Å². The van der Waals surface area contributed by atoms with Crippen LogP contribution in [-0.4, -0.2) is 9.78 Å². The summed E-state index contributed by atoms with van der Waals surface area (Å²) in [5, 5.41) is 9.08. The monoisotopic (exact) mass is 303 g/mol. The molecular weight excluding hydrogens is 282 g/mol. The summed E-state index contributed by atoms with van der Waals surface area (Å²) in [6.45, 7) is 3.00. The topological polar surface area (TPSA) is 29.9 Å². The predicted molar refractivity (Wildman–Crippen MR) is 86.6 cm³/mol. The minimum atomic E-state index is 0.229. The van der Waals surface area contributed by atoms with E-state index in [0.29, 0.717) is 0 Å². The van der Waals surface area contributed by atoms with Crippen molar-refractivity contribution in [3.8, 4) is 0 Å². The molecule has 1 aromatic heterocycles. The molecule has 1 aromatic carbocycles. The first-order chi connectivity index (χ1) is 10.2. The van der Waals surface area contributed by atoms with Crippen molar-refractivity contribution >= 4 is 11.6 Å². The van der Waals surface area contributed by atoms with Gasteiger partial charge in [-0.15, -0.1) is 0 Å². The lowest BCUT2D eigenvalue weighted by Crippen LogP contribution is -2.21. The number of aromatic nitrogens is 2. The van der Waals surface area contributed by atoms with Crippen LogP contribution in [0, 0.1) is 0 Å². The third-order valence-electron chi connectivity index (χ3n) is 4.40. The zero-order valence-corrected chi connectivity index (χ0v) is 13.5. The van der Waals surface area contributed by atoms with E-state index in [2.05, 4.69) is 30.5 Å². The molecule has 0 spiro atoms. The first-order valence-corrected chi connectivity index (χ1v) is 8.06. The van der Waals surface area contributed by atoms with E-state index in [1.807, 2.05) is 22.9 Å². The van der Waals surface area contributed by atoms with E-state index in [9.17, 15) is 0 Å². The molecule has 0 fully saturated rings. The minimum absolute atomic E-state index is 0.229. The summed E-state index contributed by atoms with van der Waals surface area (Å²) < 4.78 is 2.04. The highest BCUT2D eigenvalue weighted by molar-refractivity contribution is 6.31. The summed E-state index contributed by atoms with van der Waals surface area (Å²) in [7, 11) is 2.05. The second-order valence-corrected chi connectivity index (χ2v) is 6.23. The summed E-state index contributed by atoms with van der Waals surface area (Å²) in [6.07, 6.45) is 4.85. The molecule has 0 saturated heterocycles. The van der Waals surface area contributed by atoms with Crippen LogP contribution in [0.3, 0.4) is 0 Å². The van der Waals surface area contributed by atoms with Gasteiger partial charge in [0.15, 0.2) is 0 Å². The molecule has 2 aromatic rings. The molecule has 0 saturated carbocycles. The highest BCUT2D eigenvalue weighted by atomic mass is 35.5. The first kappa shape index (κ1) is 14.6. The number of fused-ring (bicyclic) bond motifs is 1. The van der Waals surface area contributed by atoms with Gasteiger partial charge in [-0.3, -0.25) is 4.68 Å². The number of rotatable bonds is 4. The standard InChI is InChI=1S/C17H22ClN3/c1-12(13-7-3-5-9-15(13)18)19-11-17-14-8-4-6-10-16(14)20-21(17)2/h3,5,7,9,12,19H,4,6,8,10-11H2,1-2H3. The number of hydrogen-bond donors (Lipinski definition) is 1. The van der Waals surface area contributed by atoms with Crippen LogP contribution in [0.1, 0.15) is 48.3 Å². The fourth-order valence-corrected chi connectivity index (χ4v) is 3.45. The Bertz CT molecular complexity index is 633. The highest BCUT2D eigenvalue weighted by Crippen LogP contribution is 2.25. The van der Waals surface area contributed by atoms with Crippen LogP contribution in [-0.2, 0) is 26.4 Å². The number of nitrogens with zero attached hydrogens (tertiary/aromatic N) is 2. The van der Waals surface area contributed by atoms with Crippen LogP contribution in [0.25, 0.3) is 0 Å². The van der Waals surface area contributed by atoms with Gasteiger partial charge >= 0.3 is 0 Å². The largest absolute Gasteiger partial charge is 0.305 e. The van der Waals surface area contributed by atoms with Crippen molar-refractivity contribution in [1.29, 1.82) is 0 Å². The molecule has 3 rings (SSSR count). The van der Waals surface area contributed by atoms with Gasteiger partial charge in [-0.1, -0.05) is 29.8 Å². The normalized spacial score (nSPS) is 15.8. The van der Waals surface area contributed by atoms with E-state index >= 15 is 0 Å². The van der Waals surface area contributed by atoms with E-state index in [4.69, 9.17) is 11.6 Å². The average molecular weight is 304 g/mol. The van der Waals surface area contributed by atoms with Crippen LogP contribution in [0.15, 0.2) is 24.3 Å². The lowest BCUT2D eigenvalue weighted by molar-refractivity contribution is 0.545. The van der Waals surface area contributed by atoms with Crippen molar-refractivity contribution in [3.63, 3.8) is 0 Å². The second kappa shape index (κ2) is 6.20. The maximum Gasteiger partial charge on any atom is 0.0659 e. The second-order valence-electron chi connectivity index (χ2n) is 5.83. The minimum Gasteiger partial charge on any atom is -0.305 e. The van der Waals surface area contributed by atoms with Gasteiger partial charge in [-0.2, -0.15) is 5.10 Å². The average Bonchev–Trinajstić information content (AvgIpc) is 2.81. The summed E-state index contributed by atoms with van der Waals surface area (Å²) in [6, 6.07) is 8.26. The first-order valence-electron chi connectivity index (χ1n) is 7.68. The molecule has 1 heterocycles. The zero-order valence-electron chi connectivity index (χ0n) is 12.7. The number of benzene rings is 1. The van der Waals surface area contributed by atoms with Gasteiger partial charge in [-0.05, 0) is 49.8 Å². The van der Waals surface area contributed by atoms with E-state index < -0.39 is 0 Å². The number of halogens is 1. The molecule has 1 atom stereocenters. The molecule has 3 nitrogen and oxygen atoms in total. The Morgan fingerprint density at radius 1 is 1.29 bits per heavy atom. The Hall–Kier alpha value is -1.32. The SMILES string of the molecule is CC(NCc1c2c(nn1C)CCCC2)c1ccccc1Cl. The van der Waals surface area contributed by atoms with Gasteiger partial charge in [0.25, 0.3) is 0 Å². The van der Waals surface area contributed by atoms with Crippen LogP contribution < -0.4 is 5.32 Å². The maximum absolute atomic E-state index is 6.27. The fraction of sp³-hybridized carbons (Fsp3) is 0.471. The number of aryl methyl sites for hydroxylation is 2. The Morgan fingerprint density at radius 2 is 2.05 bits per heavy atom. The van der Waals surface area contributed by atoms with Crippen molar-refractivity contribution < 1.29 is 0 Å². The molecule has 0 aliphatic heterocycles. The van der Waals surface area contributed by atoms with Crippen molar-refractivity contribution in [2.45, 2.75) is 45.2 Å². The summed E-state index contributed by atoms with van der Waals surface area (Å²) in [5.41, 5.74) is 5.23. The van der Waals surface area contributed by atoms with Crippen molar-refractivity contribution in [1.82, 2.24) is 15.1 Å². The van der Waals surface area contributed by atoms with Crippen LogP contribution in [0.2, 0.25) is 5.02 Å². The molecule has 112 valence electrons. The smallest absolute Gasteiger partial charge is 0.0659 e. The van der Waals surface area contributed by atoms with Crippen molar-refractivity contribution in [2.75, 3.05) is 0 Å². The predicted octanol–water partition coefficient (Wildman–Crippen LogP) is 3.80. The Kier molecular flexibility index (Phi) is 4.32. The molecule has 4 heteroatoms. The van der Waals surface area contributed by atoms with Crippen molar-refractivity contribution in [2.24, 2.45) is 7.05 Å². The highest BCUT2D eigenvalue weighted by Gasteiger charge is 2.19. The maximum atomic E-state index is 6.27. The molecule has 0 radical (unpaired) electrons. The lowest BCUT2D eigenvalue weighted by atomic mass is 9.96. The quantitative estimate of drug-likeness (QED) is 0.931. The molecule has 1 aliphatic rings. The van der Waals surface area contributed by atoms with Gasteiger partial charge in [0, 0.05) is 24.7 Å². The van der Waals surface area contributed by atoms with Gasteiger partial charge in [-0.25, -0.2) is 0 Å². The molecular formula is C17H22ClN3. The van der Waals surface area contributed by atoms with Crippen LogP contribution in [0.4, 0.5) is 0 Å². The summed E-state index contributed by atoms with van der Waals surface area (Å²) in [4.78, 5) is 0. The lowest BCUT2D eigenvalue weighted by Gasteiger charge is -2.17. The Balaban J connectivity index is 1.73. The Morgan fingerprint density at radius 3 is 2.86 bits per heavy atom. The van der Waals surface area contributed by atoms with Gasteiger partial charge in [0.05, 0.1) is 11.4 Å². The Labute approximate surface area is 131 Å². The van der Waals surface area contributed by atoms with Gasteiger partial charge in [0.2, 0.25) is 0 Å². The fourth-order valence-electron chi connectivity index (χ4n) is 3.15. The van der Waals surface area contributed by atoms with Crippen LogP contribution in [0.5, 0.6) is 0 Å². The molecule has 0 bridgehead atoms. The van der Waals surface area contributed by atoms with Gasteiger partial charge in [0.1, 0.15) is 0 Å². The molecule has 21 heavy (non-hydrogen) atoms. The van der Waals surface area contributed by atoms with Crippen molar-refractivity contribution in [3.05, 3.63) is 51.8 Å². The molecule has 1 unspecified atom stereocenters. The van der Waals surface area contributed by atoms with E-state index in [1.54, 1.807) is 0 Å².